The van der Waals surface area contributed by atoms with E-state index in [2.05, 4.69) is 0 Å². The highest BCUT2D eigenvalue weighted by Crippen LogP contribution is 2.17. The summed E-state index contributed by atoms with van der Waals surface area (Å²) < 4.78 is 5.18. The van der Waals surface area contributed by atoms with Crippen molar-refractivity contribution in [3.63, 3.8) is 0 Å². The first kappa shape index (κ1) is 16.1. The summed E-state index contributed by atoms with van der Waals surface area (Å²) in [5.41, 5.74) is 0. The Labute approximate surface area is 127 Å². The van der Waals surface area contributed by atoms with Crippen LogP contribution in [0.15, 0.2) is 0 Å². The second kappa shape index (κ2) is 7.65. The van der Waals surface area contributed by atoms with Gasteiger partial charge < -0.3 is 19.6 Å². The van der Waals surface area contributed by atoms with Gasteiger partial charge in [-0.05, 0) is 6.42 Å². The average Bonchev–Trinajstić information content (AvgIpc) is 2.98. The zero-order valence-corrected chi connectivity index (χ0v) is 12.6. The number of likely N-dealkylation sites (tertiary alicyclic amines) is 1. The van der Waals surface area contributed by atoms with E-state index in [4.69, 9.17) is 9.84 Å². The zero-order chi connectivity index (χ0) is 15.2. The molecule has 2 rings (SSSR count). The van der Waals surface area contributed by atoms with E-state index >= 15 is 0 Å². The Balaban J connectivity index is 1.65. The van der Waals surface area contributed by atoms with Crippen molar-refractivity contribution in [3.8, 4) is 0 Å². The highest BCUT2D eigenvalue weighted by Gasteiger charge is 2.30. The monoisotopic (exact) mass is 316 g/mol. The van der Waals surface area contributed by atoms with Crippen LogP contribution in [0.3, 0.4) is 0 Å². The van der Waals surface area contributed by atoms with Crippen molar-refractivity contribution in [3.05, 3.63) is 0 Å². The third kappa shape index (κ3) is 4.60. The fraction of sp³-hybridized carbons (Fsp3) is 0.769. The highest BCUT2D eigenvalue weighted by atomic mass is 32.2. The molecule has 8 heteroatoms. The maximum absolute atomic E-state index is 11.9. The van der Waals surface area contributed by atoms with Crippen LogP contribution in [0.1, 0.15) is 6.42 Å². The van der Waals surface area contributed by atoms with Crippen LogP contribution in [0.4, 0.5) is 0 Å². The summed E-state index contributed by atoms with van der Waals surface area (Å²) in [4.78, 5) is 38.0. The minimum absolute atomic E-state index is 0.0286. The number of ether oxygens (including phenoxy) is 1. The van der Waals surface area contributed by atoms with Crippen molar-refractivity contribution in [1.29, 1.82) is 0 Å². The summed E-state index contributed by atoms with van der Waals surface area (Å²) >= 11 is 1.29. The lowest BCUT2D eigenvalue weighted by Gasteiger charge is -2.26. The molecule has 0 spiro atoms. The molecular formula is C13H20N2O5S. The number of hydrogen-bond donors (Lipinski definition) is 1. The number of rotatable bonds is 5. The van der Waals surface area contributed by atoms with E-state index in [-0.39, 0.29) is 29.9 Å². The molecule has 0 radical (unpaired) electrons. The first-order valence-electron chi connectivity index (χ1n) is 7.02. The van der Waals surface area contributed by atoms with Gasteiger partial charge in [-0.1, -0.05) is 0 Å². The van der Waals surface area contributed by atoms with Crippen LogP contribution < -0.4 is 0 Å². The van der Waals surface area contributed by atoms with Gasteiger partial charge in [0.1, 0.15) is 0 Å². The number of carboxylic acids is 1. The smallest absolute Gasteiger partial charge is 0.308 e. The number of carbonyl (C=O) groups is 3. The Bertz CT molecular complexity index is 411. The lowest BCUT2D eigenvalue weighted by molar-refractivity contribution is -0.141. The number of morpholine rings is 1. The lowest BCUT2D eigenvalue weighted by Crippen LogP contribution is -2.41. The maximum atomic E-state index is 11.9. The van der Waals surface area contributed by atoms with E-state index in [1.165, 1.54) is 11.8 Å². The number of hydrogen-bond acceptors (Lipinski definition) is 5. The molecule has 2 aliphatic heterocycles. The summed E-state index contributed by atoms with van der Waals surface area (Å²) in [6, 6.07) is 0. The van der Waals surface area contributed by atoms with E-state index in [1.54, 1.807) is 9.80 Å². The fourth-order valence-corrected chi connectivity index (χ4v) is 3.23. The normalized spacial score (nSPS) is 22.4. The van der Waals surface area contributed by atoms with Crippen LogP contribution in [0, 0.1) is 5.92 Å². The Morgan fingerprint density at radius 1 is 1.05 bits per heavy atom. The predicted octanol–water partition coefficient (Wildman–Crippen LogP) is -0.488. The fourth-order valence-electron chi connectivity index (χ4n) is 2.41. The van der Waals surface area contributed by atoms with Crippen molar-refractivity contribution in [1.82, 2.24) is 9.80 Å². The average molecular weight is 316 g/mol. The predicted molar refractivity (Wildman–Crippen MR) is 77.0 cm³/mol. The van der Waals surface area contributed by atoms with Crippen LogP contribution in [-0.2, 0) is 19.1 Å². The Morgan fingerprint density at radius 3 is 2.24 bits per heavy atom. The molecule has 0 aromatic rings. The third-order valence-corrected chi connectivity index (χ3v) is 4.61. The summed E-state index contributed by atoms with van der Waals surface area (Å²) in [7, 11) is 0. The topological polar surface area (TPSA) is 87.2 Å². The number of nitrogens with zero attached hydrogens (tertiary/aromatic N) is 2. The molecule has 0 aliphatic carbocycles. The zero-order valence-electron chi connectivity index (χ0n) is 11.8. The molecule has 2 saturated heterocycles. The molecule has 1 unspecified atom stereocenters. The molecule has 0 saturated carbocycles. The van der Waals surface area contributed by atoms with E-state index in [0.29, 0.717) is 39.3 Å². The van der Waals surface area contributed by atoms with Crippen molar-refractivity contribution in [2.24, 2.45) is 5.92 Å². The first-order valence-corrected chi connectivity index (χ1v) is 8.17. The molecule has 1 N–H and O–H groups in total. The minimum atomic E-state index is -0.847. The Kier molecular flexibility index (Phi) is 5.86. The molecule has 21 heavy (non-hydrogen) atoms. The molecule has 0 aromatic heterocycles. The van der Waals surface area contributed by atoms with E-state index in [0.717, 1.165) is 0 Å². The largest absolute Gasteiger partial charge is 0.481 e. The van der Waals surface area contributed by atoms with Gasteiger partial charge in [0.15, 0.2) is 0 Å². The molecule has 2 aliphatic rings. The van der Waals surface area contributed by atoms with Crippen LogP contribution >= 0.6 is 11.8 Å². The minimum Gasteiger partial charge on any atom is -0.481 e. The molecule has 0 bridgehead atoms. The molecule has 0 aromatic carbocycles. The quantitative estimate of drug-likeness (QED) is 0.736. The van der Waals surface area contributed by atoms with Gasteiger partial charge >= 0.3 is 5.97 Å². The standard InChI is InChI=1S/C13H20N2O5S/c16-11(14-3-5-20-6-4-14)8-21-9-12(17)15-2-1-10(7-15)13(18)19/h10H,1-9H2,(H,18,19). The Morgan fingerprint density at radius 2 is 1.67 bits per heavy atom. The van der Waals surface area contributed by atoms with Crippen molar-refractivity contribution >= 4 is 29.5 Å². The van der Waals surface area contributed by atoms with Crippen LogP contribution in [0.2, 0.25) is 0 Å². The molecule has 2 amide bonds. The molecule has 118 valence electrons. The van der Waals surface area contributed by atoms with Gasteiger partial charge in [0.25, 0.3) is 0 Å². The summed E-state index contributed by atoms with van der Waals surface area (Å²) in [6.07, 6.45) is 0.512. The molecule has 2 fully saturated rings. The third-order valence-electron chi connectivity index (χ3n) is 3.71. The van der Waals surface area contributed by atoms with Crippen molar-refractivity contribution in [2.45, 2.75) is 6.42 Å². The number of amides is 2. The van der Waals surface area contributed by atoms with Crippen molar-refractivity contribution < 1.29 is 24.2 Å². The molecule has 7 nitrogen and oxygen atoms in total. The Hall–Kier alpha value is -1.28. The van der Waals surface area contributed by atoms with Crippen LogP contribution in [0.25, 0.3) is 0 Å². The van der Waals surface area contributed by atoms with Gasteiger partial charge in [0, 0.05) is 26.2 Å². The molecule has 1 atom stereocenters. The molecule has 2 heterocycles. The van der Waals surface area contributed by atoms with E-state index in [9.17, 15) is 14.4 Å². The first-order chi connectivity index (χ1) is 10.1. The SMILES string of the molecule is O=C(O)C1CCN(C(=O)CSCC(=O)N2CCOCC2)C1. The summed E-state index contributed by atoms with van der Waals surface area (Å²) in [6.45, 7) is 3.14. The van der Waals surface area contributed by atoms with Gasteiger partial charge in [-0.25, -0.2) is 0 Å². The number of carboxylic acid groups (broad SMARTS) is 1. The number of aliphatic carboxylic acids is 1. The van der Waals surface area contributed by atoms with Crippen molar-refractivity contribution in [2.75, 3.05) is 50.9 Å². The maximum Gasteiger partial charge on any atom is 0.308 e. The summed E-state index contributed by atoms with van der Waals surface area (Å²) in [5.74, 6) is -0.849. The van der Waals surface area contributed by atoms with Gasteiger partial charge in [-0.3, -0.25) is 14.4 Å². The van der Waals surface area contributed by atoms with Gasteiger partial charge in [-0.15, -0.1) is 11.8 Å². The van der Waals surface area contributed by atoms with E-state index in [1.807, 2.05) is 0 Å². The molecular weight excluding hydrogens is 296 g/mol. The van der Waals surface area contributed by atoms with E-state index < -0.39 is 11.9 Å². The van der Waals surface area contributed by atoms with Crippen LogP contribution in [0.5, 0.6) is 0 Å². The van der Waals surface area contributed by atoms with Gasteiger partial charge in [0.05, 0.1) is 30.6 Å². The number of thioether (sulfide) groups is 1. The summed E-state index contributed by atoms with van der Waals surface area (Å²) in [5, 5.41) is 8.90. The lowest BCUT2D eigenvalue weighted by atomic mass is 10.1. The second-order valence-corrected chi connectivity index (χ2v) is 6.14. The number of carbonyl (C=O) groups excluding carboxylic acids is 2. The second-order valence-electron chi connectivity index (χ2n) is 5.15. The van der Waals surface area contributed by atoms with Gasteiger partial charge in [0.2, 0.25) is 11.8 Å². The highest BCUT2D eigenvalue weighted by molar-refractivity contribution is 8.00. The van der Waals surface area contributed by atoms with Gasteiger partial charge in [-0.2, -0.15) is 0 Å². The van der Waals surface area contributed by atoms with Crippen LogP contribution in [-0.4, -0.2) is 83.6 Å².